The van der Waals surface area contributed by atoms with E-state index in [9.17, 15) is 32.6 Å². The number of halogens is 4. The number of ether oxygens (including phenoxy) is 1. The molecule has 1 fully saturated rings. The lowest BCUT2D eigenvalue weighted by molar-refractivity contribution is -0.140. The van der Waals surface area contributed by atoms with Crippen molar-refractivity contribution in [1.29, 1.82) is 0 Å². The molecule has 9 nitrogen and oxygen atoms in total. The number of pyridine rings is 1. The van der Waals surface area contributed by atoms with Gasteiger partial charge in [-0.25, -0.2) is 14.4 Å². The maximum absolute atomic E-state index is 14.4. The maximum atomic E-state index is 14.4. The minimum absolute atomic E-state index is 0.0305. The molecule has 0 radical (unpaired) electrons. The lowest BCUT2D eigenvalue weighted by Gasteiger charge is -2.17. The Morgan fingerprint density at radius 1 is 1.21 bits per heavy atom. The molecule has 4 atom stereocenters. The lowest BCUT2D eigenvalue weighted by Crippen LogP contribution is -2.34. The molecule has 1 saturated carbocycles. The number of nitrogens with two attached hydrogens (primary N) is 1. The van der Waals surface area contributed by atoms with E-state index in [-0.39, 0.29) is 57.6 Å². The predicted octanol–water partition coefficient (Wildman–Crippen LogP) is 5.00. The van der Waals surface area contributed by atoms with Gasteiger partial charge < -0.3 is 30.4 Å². The molecular formula is C30H30F4N4O5. The second-order valence-corrected chi connectivity index (χ2v) is 10.6. The molecule has 0 aliphatic heterocycles. The fourth-order valence-corrected chi connectivity index (χ4v) is 4.93. The van der Waals surface area contributed by atoms with Crippen molar-refractivity contribution >= 4 is 16.8 Å². The number of hydrogen-bond donors (Lipinski definition) is 4. The van der Waals surface area contributed by atoms with Crippen LogP contribution in [-0.2, 0) is 11.7 Å². The van der Waals surface area contributed by atoms with E-state index >= 15 is 0 Å². The van der Waals surface area contributed by atoms with Gasteiger partial charge in [-0.05, 0) is 43.7 Å². The fourth-order valence-electron chi connectivity index (χ4n) is 4.93. The Hall–Kier alpha value is -4.07. The van der Waals surface area contributed by atoms with Gasteiger partial charge in [-0.3, -0.25) is 4.79 Å². The van der Waals surface area contributed by atoms with Crippen molar-refractivity contribution in [3.05, 3.63) is 77.1 Å². The average Bonchev–Trinajstić information content (AvgIpc) is 3.35. The molecule has 1 aliphatic carbocycles. The van der Waals surface area contributed by atoms with E-state index in [1.165, 1.54) is 36.4 Å². The molecule has 4 aromatic rings. The molecule has 0 bridgehead atoms. The molecule has 43 heavy (non-hydrogen) atoms. The Balaban J connectivity index is 1.60. The smallest absolute Gasteiger partial charge is 0.433 e. The number of hydrogen-bond acceptors (Lipinski definition) is 8. The van der Waals surface area contributed by atoms with Crippen LogP contribution in [0.2, 0.25) is 0 Å². The van der Waals surface area contributed by atoms with Gasteiger partial charge in [-0.1, -0.05) is 31.5 Å². The van der Waals surface area contributed by atoms with E-state index in [2.05, 4.69) is 15.3 Å². The molecule has 1 amide bonds. The topological polar surface area (TPSA) is 144 Å². The first kappa shape index (κ1) is 30.4. The highest BCUT2D eigenvalue weighted by atomic mass is 19.4. The summed E-state index contributed by atoms with van der Waals surface area (Å²) in [5.41, 5.74) is 3.53. The van der Waals surface area contributed by atoms with Gasteiger partial charge in [0.05, 0.1) is 24.9 Å². The summed E-state index contributed by atoms with van der Waals surface area (Å²) in [6.45, 7) is 3.11. The maximum Gasteiger partial charge on any atom is 0.433 e. The Morgan fingerprint density at radius 3 is 2.56 bits per heavy atom. The second-order valence-electron chi connectivity index (χ2n) is 10.6. The van der Waals surface area contributed by atoms with Crippen LogP contribution in [0.15, 0.2) is 52.9 Å². The van der Waals surface area contributed by atoms with Crippen LogP contribution in [0.25, 0.3) is 22.4 Å². The largest absolute Gasteiger partial charge is 0.488 e. The van der Waals surface area contributed by atoms with Gasteiger partial charge in [-0.2, -0.15) is 13.2 Å². The van der Waals surface area contributed by atoms with Crippen LogP contribution in [0.5, 0.6) is 5.75 Å². The summed E-state index contributed by atoms with van der Waals surface area (Å²) in [4.78, 5) is 21.6. The number of alkyl halides is 3. The third kappa shape index (κ3) is 5.92. The lowest BCUT2D eigenvalue weighted by atomic mass is 10.1. The number of nitrogens with zero attached hydrogens (tertiary/aromatic N) is 2. The number of benzene rings is 2. The summed E-state index contributed by atoms with van der Waals surface area (Å²) in [5, 5.41) is 22.9. The van der Waals surface area contributed by atoms with Crippen LogP contribution in [-0.4, -0.2) is 44.9 Å². The van der Waals surface area contributed by atoms with Crippen molar-refractivity contribution in [2.75, 3.05) is 6.61 Å². The summed E-state index contributed by atoms with van der Waals surface area (Å²) < 4.78 is 67.1. The van der Waals surface area contributed by atoms with Gasteiger partial charge >= 0.3 is 6.18 Å². The molecule has 2 aromatic carbocycles. The minimum atomic E-state index is -4.71. The number of carbonyl (C=O) groups is 1. The van der Waals surface area contributed by atoms with E-state index in [1.54, 1.807) is 13.0 Å². The predicted molar refractivity (Wildman–Crippen MR) is 147 cm³/mol. The van der Waals surface area contributed by atoms with Gasteiger partial charge in [-0.15, -0.1) is 0 Å². The van der Waals surface area contributed by atoms with Crippen molar-refractivity contribution in [1.82, 2.24) is 15.3 Å². The van der Waals surface area contributed by atoms with Crippen molar-refractivity contribution in [3.63, 3.8) is 0 Å². The quantitative estimate of drug-likeness (QED) is 0.186. The Kier molecular flexibility index (Phi) is 8.16. The highest BCUT2D eigenvalue weighted by Crippen LogP contribution is 2.47. The van der Waals surface area contributed by atoms with Crippen molar-refractivity contribution in [2.45, 2.75) is 63.1 Å². The molecule has 4 unspecified atom stereocenters. The van der Waals surface area contributed by atoms with Gasteiger partial charge in [0, 0.05) is 22.9 Å². The first-order chi connectivity index (χ1) is 20.4. The normalized spacial score (nSPS) is 19.7. The summed E-state index contributed by atoms with van der Waals surface area (Å²) >= 11 is 0. The van der Waals surface area contributed by atoms with Crippen molar-refractivity contribution in [2.24, 2.45) is 5.73 Å². The Bertz CT molecular complexity index is 1660. The molecule has 2 aromatic heterocycles. The first-order valence-electron chi connectivity index (χ1n) is 13.7. The minimum Gasteiger partial charge on any atom is -0.488 e. The molecule has 1 aliphatic rings. The SMILES string of the molecule is CCCC(C)Oc1ccc(-c2nc(C(=O)NC(CO)c3ccccc3F)c(C3(N)CC3O)o2)c2ccc(C(F)(F)F)nc12. The number of nitrogens with one attached hydrogen (secondary N) is 1. The number of oxazole rings is 1. The van der Waals surface area contributed by atoms with E-state index < -0.39 is 47.9 Å². The molecular weight excluding hydrogens is 572 g/mol. The van der Waals surface area contributed by atoms with E-state index in [4.69, 9.17) is 14.9 Å². The van der Waals surface area contributed by atoms with Crippen LogP contribution in [0.1, 0.15) is 66.7 Å². The fraction of sp³-hybridized carbons (Fsp3) is 0.367. The van der Waals surface area contributed by atoms with Crippen LogP contribution in [0, 0.1) is 5.82 Å². The summed E-state index contributed by atoms with van der Waals surface area (Å²) in [6.07, 6.45) is -4.56. The Morgan fingerprint density at radius 2 is 1.93 bits per heavy atom. The van der Waals surface area contributed by atoms with Gasteiger partial charge in [0.2, 0.25) is 5.89 Å². The number of fused-ring (bicyclic) bond motifs is 1. The highest BCUT2D eigenvalue weighted by molar-refractivity contribution is 5.98. The van der Waals surface area contributed by atoms with Gasteiger partial charge in [0.15, 0.2) is 11.5 Å². The molecule has 2 heterocycles. The monoisotopic (exact) mass is 602 g/mol. The van der Waals surface area contributed by atoms with E-state index in [0.717, 1.165) is 12.5 Å². The zero-order valence-corrected chi connectivity index (χ0v) is 23.3. The third-order valence-corrected chi connectivity index (χ3v) is 7.36. The summed E-state index contributed by atoms with van der Waals surface area (Å²) in [5.74, 6) is -1.73. The molecule has 0 spiro atoms. The Labute approximate surface area is 243 Å². The third-order valence-electron chi connectivity index (χ3n) is 7.36. The zero-order valence-electron chi connectivity index (χ0n) is 23.3. The van der Waals surface area contributed by atoms with Gasteiger partial charge in [0.1, 0.15) is 28.3 Å². The van der Waals surface area contributed by atoms with E-state index in [0.29, 0.717) is 6.42 Å². The molecule has 5 rings (SSSR count). The number of aromatic nitrogens is 2. The second kappa shape index (κ2) is 11.5. The van der Waals surface area contributed by atoms with E-state index in [1.807, 2.05) is 6.92 Å². The zero-order chi connectivity index (χ0) is 31.1. The van der Waals surface area contributed by atoms with Crippen LogP contribution >= 0.6 is 0 Å². The number of carbonyl (C=O) groups excluding carboxylic acids is 1. The van der Waals surface area contributed by atoms with Crippen molar-refractivity contribution < 1.29 is 41.7 Å². The number of rotatable bonds is 10. The number of aliphatic hydroxyl groups excluding tert-OH is 2. The van der Waals surface area contributed by atoms with Crippen LogP contribution < -0.4 is 15.8 Å². The number of amides is 1. The van der Waals surface area contributed by atoms with Crippen LogP contribution in [0.3, 0.4) is 0 Å². The van der Waals surface area contributed by atoms with Gasteiger partial charge in [0.25, 0.3) is 5.91 Å². The first-order valence-corrected chi connectivity index (χ1v) is 13.7. The summed E-state index contributed by atoms with van der Waals surface area (Å²) in [6, 6.07) is 9.44. The standard InChI is InChI=1S/C30H30F4N4O5/c1-3-6-15(2)42-21-11-9-17(16-10-12-22(30(32,33)34)37-24(16)21)28-38-25(26(43-28)29(35)13-23(29)40)27(41)36-20(14-39)18-7-4-5-8-19(18)31/h4-5,7-12,15,20,23,39-40H,3,6,13-14,35H2,1-2H3,(H,36,41). The summed E-state index contributed by atoms with van der Waals surface area (Å²) in [7, 11) is 0. The molecule has 13 heteroatoms. The van der Waals surface area contributed by atoms with Crippen molar-refractivity contribution in [3.8, 4) is 17.2 Å². The average molecular weight is 603 g/mol. The molecule has 5 N–H and O–H groups in total. The molecule has 228 valence electrons. The van der Waals surface area contributed by atoms with Crippen LogP contribution in [0.4, 0.5) is 17.6 Å². The number of aliphatic hydroxyl groups is 2. The molecule has 0 saturated heterocycles. The highest BCUT2D eigenvalue weighted by Gasteiger charge is 2.57.